The maximum atomic E-state index is 10.8. The number of hydrogen-bond acceptors (Lipinski definition) is 6. The number of rotatable bonds is 5. The summed E-state index contributed by atoms with van der Waals surface area (Å²) in [4.78, 5) is 18.0. The van der Waals surface area contributed by atoms with Crippen LogP contribution in [-0.2, 0) is 13.6 Å². The summed E-state index contributed by atoms with van der Waals surface area (Å²) >= 11 is 0. The summed E-state index contributed by atoms with van der Waals surface area (Å²) in [6, 6.07) is 3.56. The Balaban J connectivity index is 2.14. The van der Waals surface area contributed by atoms with Gasteiger partial charge in [-0.25, -0.2) is 4.98 Å². The molecule has 0 bridgehead atoms. The number of methoxy groups -OCH3 is 1. The van der Waals surface area contributed by atoms with Crippen molar-refractivity contribution in [3.8, 4) is 5.88 Å². The van der Waals surface area contributed by atoms with Crippen molar-refractivity contribution in [1.82, 2.24) is 14.5 Å². The van der Waals surface area contributed by atoms with Crippen LogP contribution in [0.3, 0.4) is 0 Å². The molecular formula is C11H13N5O3. The molecule has 1 N–H and O–H groups in total. The molecule has 8 nitrogen and oxygen atoms in total. The quantitative estimate of drug-likeness (QED) is 0.646. The fourth-order valence-electron chi connectivity index (χ4n) is 1.61. The summed E-state index contributed by atoms with van der Waals surface area (Å²) in [7, 11) is 3.22. The van der Waals surface area contributed by atoms with Crippen LogP contribution in [0.4, 0.5) is 11.6 Å². The molecule has 0 aliphatic rings. The highest BCUT2D eigenvalue weighted by molar-refractivity contribution is 5.52. The van der Waals surface area contributed by atoms with E-state index in [9.17, 15) is 10.1 Å². The lowest BCUT2D eigenvalue weighted by Gasteiger charge is -2.07. The molecule has 0 fully saturated rings. The van der Waals surface area contributed by atoms with Crippen molar-refractivity contribution in [2.45, 2.75) is 6.54 Å². The number of anilines is 1. The van der Waals surface area contributed by atoms with E-state index in [1.165, 1.54) is 13.4 Å². The van der Waals surface area contributed by atoms with E-state index < -0.39 is 4.92 Å². The van der Waals surface area contributed by atoms with Gasteiger partial charge in [-0.1, -0.05) is 0 Å². The molecule has 0 radical (unpaired) electrons. The first-order valence-electron chi connectivity index (χ1n) is 5.50. The van der Waals surface area contributed by atoms with Gasteiger partial charge in [0.05, 0.1) is 7.11 Å². The molecule has 2 heterocycles. The number of nitro groups is 1. The number of aryl methyl sites for hydroxylation is 1. The van der Waals surface area contributed by atoms with Crippen molar-refractivity contribution in [1.29, 1.82) is 0 Å². The predicted molar refractivity (Wildman–Crippen MR) is 68.0 cm³/mol. The molecule has 100 valence electrons. The number of hydrogen-bond donors (Lipinski definition) is 1. The minimum Gasteiger partial charge on any atom is -0.481 e. The Bertz CT molecular complexity index is 596. The highest BCUT2D eigenvalue weighted by Gasteiger charge is 2.19. The molecule has 2 aromatic heterocycles. The van der Waals surface area contributed by atoms with Gasteiger partial charge in [0, 0.05) is 25.9 Å². The maximum Gasteiger partial charge on any atom is 0.406 e. The van der Waals surface area contributed by atoms with E-state index in [1.807, 2.05) is 0 Å². The Morgan fingerprint density at radius 3 is 3.00 bits per heavy atom. The molecule has 0 atom stereocenters. The normalized spacial score (nSPS) is 10.2. The molecule has 2 aromatic rings. The van der Waals surface area contributed by atoms with Gasteiger partial charge < -0.3 is 20.2 Å². The second-order valence-corrected chi connectivity index (χ2v) is 3.84. The summed E-state index contributed by atoms with van der Waals surface area (Å²) in [5.74, 6) is 0.670. The van der Waals surface area contributed by atoms with E-state index in [-0.39, 0.29) is 5.82 Å². The second kappa shape index (κ2) is 5.34. The highest BCUT2D eigenvalue weighted by atomic mass is 16.6. The van der Waals surface area contributed by atoms with Gasteiger partial charge in [-0.05, 0) is 21.5 Å². The van der Waals surface area contributed by atoms with Crippen LogP contribution in [0.25, 0.3) is 0 Å². The van der Waals surface area contributed by atoms with Gasteiger partial charge >= 0.3 is 5.82 Å². The zero-order valence-corrected chi connectivity index (χ0v) is 10.5. The van der Waals surface area contributed by atoms with Crippen LogP contribution in [-0.4, -0.2) is 26.6 Å². The first kappa shape index (κ1) is 12.8. The van der Waals surface area contributed by atoms with Crippen molar-refractivity contribution in [2.75, 3.05) is 12.4 Å². The smallest absolute Gasteiger partial charge is 0.406 e. The third-order valence-corrected chi connectivity index (χ3v) is 2.56. The lowest BCUT2D eigenvalue weighted by molar-refractivity contribution is -0.388. The average Bonchev–Trinajstić information content (AvgIpc) is 2.78. The van der Waals surface area contributed by atoms with Crippen LogP contribution in [0.15, 0.2) is 24.7 Å². The standard InChI is InChI=1S/C11H13N5O3/c1-15-7-14-11(16(17)18)10(15)13-6-8-3-4-12-9(5-8)19-2/h3-5,7,13H,6H2,1-2H3. The first-order valence-corrected chi connectivity index (χ1v) is 5.50. The molecule has 0 spiro atoms. The maximum absolute atomic E-state index is 10.8. The molecule has 19 heavy (non-hydrogen) atoms. The predicted octanol–water partition coefficient (Wildman–Crippen LogP) is 1.34. The largest absolute Gasteiger partial charge is 0.481 e. The molecule has 0 saturated heterocycles. The minimum absolute atomic E-state index is 0.191. The zero-order chi connectivity index (χ0) is 13.8. The zero-order valence-electron chi connectivity index (χ0n) is 10.5. The van der Waals surface area contributed by atoms with E-state index in [2.05, 4.69) is 15.3 Å². The van der Waals surface area contributed by atoms with E-state index >= 15 is 0 Å². The minimum atomic E-state index is -0.518. The molecule has 8 heteroatoms. The molecule has 2 rings (SSSR count). The van der Waals surface area contributed by atoms with Gasteiger partial charge in [-0.15, -0.1) is 0 Å². The Hall–Kier alpha value is -2.64. The summed E-state index contributed by atoms with van der Waals surface area (Å²) in [6.45, 7) is 0.416. The van der Waals surface area contributed by atoms with Crippen LogP contribution in [0.2, 0.25) is 0 Å². The Morgan fingerprint density at radius 1 is 1.53 bits per heavy atom. The highest BCUT2D eigenvalue weighted by Crippen LogP contribution is 2.22. The lowest BCUT2D eigenvalue weighted by Crippen LogP contribution is -2.06. The van der Waals surface area contributed by atoms with E-state index in [0.717, 1.165) is 5.56 Å². The Labute approximate surface area is 109 Å². The second-order valence-electron chi connectivity index (χ2n) is 3.84. The third-order valence-electron chi connectivity index (χ3n) is 2.56. The summed E-state index contributed by atoms with van der Waals surface area (Å²) in [6.07, 6.45) is 3.01. The van der Waals surface area contributed by atoms with Gasteiger partial charge in [0.2, 0.25) is 18.0 Å². The number of aromatic nitrogens is 3. The van der Waals surface area contributed by atoms with Crippen molar-refractivity contribution in [3.05, 3.63) is 40.3 Å². The average molecular weight is 263 g/mol. The van der Waals surface area contributed by atoms with Gasteiger partial charge in [-0.2, -0.15) is 0 Å². The number of nitrogens with zero attached hydrogens (tertiary/aromatic N) is 4. The molecule has 0 aliphatic carbocycles. The van der Waals surface area contributed by atoms with E-state index in [1.54, 1.807) is 29.9 Å². The summed E-state index contributed by atoms with van der Waals surface area (Å²) in [5.41, 5.74) is 0.905. The van der Waals surface area contributed by atoms with E-state index in [0.29, 0.717) is 18.2 Å². The van der Waals surface area contributed by atoms with Gasteiger partial charge in [0.15, 0.2) is 0 Å². The number of imidazole rings is 1. The van der Waals surface area contributed by atoms with E-state index in [4.69, 9.17) is 4.74 Å². The SMILES string of the molecule is COc1cc(CNc2c([N+](=O)[O-])ncn2C)ccn1. The summed E-state index contributed by atoms with van der Waals surface area (Å²) in [5, 5.41) is 13.8. The van der Waals surface area contributed by atoms with Crippen molar-refractivity contribution >= 4 is 11.6 Å². The molecular weight excluding hydrogens is 250 g/mol. The first-order chi connectivity index (χ1) is 9.11. The molecule has 0 unspecified atom stereocenters. The summed E-state index contributed by atoms with van der Waals surface area (Å²) < 4.78 is 6.58. The van der Waals surface area contributed by atoms with Crippen LogP contribution in [0.1, 0.15) is 5.56 Å². The number of pyridine rings is 1. The molecule has 0 aromatic carbocycles. The Kier molecular flexibility index (Phi) is 3.60. The number of nitrogens with one attached hydrogen (secondary N) is 1. The van der Waals surface area contributed by atoms with Crippen LogP contribution < -0.4 is 10.1 Å². The van der Waals surface area contributed by atoms with Crippen LogP contribution >= 0.6 is 0 Å². The fraction of sp³-hybridized carbons (Fsp3) is 0.273. The molecule has 0 saturated carbocycles. The van der Waals surface area contributed by atoms with Crippen molar-refractivity contribution < 1.29 is 9.66 Å². The third kappa shape index (κ3) is 2.79. The molecule has 0 aliphatic heterocycles. The fourth-order valence-corrected chi connectivity index (χ4v) is 1.61. The van der Waals surface area contributed by atoms with Gasteiger partial charge in [-0.3, -0.25) is 4.57 Å². The molecule has 0 amide bonds. The van der Waals surface area contributed by atoms with Crippen molar-refractivity contribution in [3.63, 3.8) is 0 Å². The lowest BCUT2D eigenvalue weighted by atomic mass is 10.2. The van der Waals surface area contributed by atoms with Crippen molar-refractivity contribution in [2.24, 2.45) is 7.05 Å². The monoisotopic (exact) mass is 263 g/mol. The Morgan fingerprint density at radius 2 is 2.32 bits per heavy atom. The van der Waals surface area contributed by atoms with Gasteiger partial charge in [0.1, 0.15) is 0 Å². The van der Waals surface area contributed by atoms with Crippen LogP contribution in [0, 0.1) is 10.1 Å². The topological polar surface area (TPSA) is 95.1 Å². The van der Waals surface area contributed by atoms with Gasteiger partial charge in [0.25, 0.3) is 0 Å². The number of ether oxygens (including phenoxy) is 1. The van der Waals surface area contributed by atoms with Crippen LogP contribution in [0.5, 0.6) is 5.88 Å².